The Bertz CT molecular complexity index is 988. The molecule has 5 rings (SSSR count). The number of benzene rings is 2. The third kappa shape index (κ3) is 4.88. The fourth-order valence-corrected chi connectivity index (χ4v) is 4.68. The molecule has 0 radical (unpaired) electrons. The van der Waals surface area contributed by atoms with Crippen molar-refractivity contribution in [2.45, 2.75) is 25.2 Å². The summed E-state index contributed by atoms with van der Waals surface area (Å²) in [4.78, 5) is 12.9. The van der Waals surface area contributed by atoms with Gasteiger partial charge in [0.15, 0.2) is 5.96 Å². The van der Waals surface area contributed by atoms with Crippen molar-refractivity contribution in [3.05, 3.63) is 71.9 Å². The third-order valence-corrected chi connectivity index (χ3v) is 6.18. The van der Waals surface area contributed by atoms with Gasteiger partial charge in [0.1, 0.15) is 0 Å². The number of halogens is 1. The molecule has 0 spiro atoms. The Morgan fingerprint density at radius 2 is 1.94 bits per heavy atom. The van der Waals surface area contributed by atoms with Crippen molar-refractivity contribution in [2.24, 2.45) is 4.99 Å². The highest BCUT2D eigenvalue weighted by molar-refractivity contribution is 14.0. The van der Waals surface area contributed by atoms with Gasteiger partial charge in [-0.25, -0.2) is 0 Å². The first-order valence-corrected chi connectivity index (χ1v) is 10.7. The summed E-state index contributed by atoms with van der Waals surface area (Å²) in [5, 5.41) is 4.77. The summed E-state index contributed by atoms with van der Waals surface area (Å²) < 4.78 is 6.13. The van der Waals surface area contributed by atoms with Crippen LogP contribution in [0.25, 0.3) is 10.9 Å². The van der Waals surface area contributed by atoms with Gasteiger partial charge in [0, 0.05) is 44.4 Å². The Balaban J connectivity index is 0.00000231. The highest BCUT2D eigenvalue weighted by Gasteiger charge is 2.41. The van der Waals surface area contributed by atoms with Gasteiger partial charge in [-0.05, 0) is 23.1 Å². The minimum Gasteiger partial charge on any atom is -0.373 e. The molecular formula is C24H30IN5O. The average Bonchev–Trinajstić information content (AvgIpc) is 3.39. The fourth-order valence-electron chi connectivity index (χ4n) is 4.68. The minimum atomic E-state index is 0. The standard InChI is InChI=1S/C24H29N5O.HI/c1-25-24(26-14-20-13-19-9-5-6-10-21(19)27-20)29-16-22-23(17-29)30-12-11-28(22)15-18-7-3-2-4-8-18;/h2-10,13,22-23,27H,11-12,14-17H2,1H3,(H,25,26);1H. The topological polar surface area (TPSA) is 55.9 Å². The van der Waals surface area contributed by atoms with E-state index in [0.29, 0.717) is 6.04 Å². The van der Waals surface area contributed by atoms with Gasteiger partial charge in [0.25, 0.3) is 0 Å². The largest absolute Gasteiger partial charge is 0.373 e. The molecule has 2 aliphatic heterocycles. The van der Waals surface area contributed by atoms with Crippen LogP contribution in [-0.2, 0) is 17.8 Å². The van der Waals surface area contributed by atoms with Gasteiger partial charge in [0.2, 0.25) is 0 Å². The molecule has 2 aliphatic rings. The summed E-state index contributed by atoms with van der Waals surface area (Å²) in [6.07, 6.45) is 0.231. The molecule has 0 amide bonds. The second kappa shape index (κ2) is 10.0. The molecule has 2 saturated heterocycles. The monoisotopic (exact) mass is 531 g/mol. The van der Waals surface area contributed by atoms with Gasteiger partial charge in [0.05, 0.1) is 25.3 Å². The molecule has 2 fully saturated rings. The predicted octanol–water partition coefficient (Wildman–Crippen LogP) is 3.45. The molecule has 0 aliphatic carbocycles. The Morgan fingerprint density at radius 3 is 2.74 bits per heavy atom. The van der Waals surface area contributed by atoms with Crippen molar-refractivity contribution in [3.8, 4) is 0 Å². The molecule has 0 bridgehead atoms. The third-order valence-electron chi connectivity index (χ3n) is 6.18. The summed E-state index contributed by atoms with van der Waals surface area (Å²) >= 11 is 0. The van der Waals surface area contributed by atoms with Gasteiger partial charge in [-0.2, -0.15) is 0 Å². The maximum absolute atomic E-state index is 6.13. The van der Waals surface area contributed by atoms with Crippen LogP contribution in [0.15, 0.2) is 65.7 Å². The first kappa shape index (κ1) is 22.1. The summed E-state index contributed by atoms with van der Waals surface area (Å²) in [7, 11) is 1.86. The number of aromatic nitrogens is 1. The number of morpholine rings is 1. The van der Waals surface area contributed by atoms with Crippen LogP contribution >= 0.6 is 24.0 Å². The number of guanidine groups is 1. The molecule has 1 aromatic heterocycles. The summed E-state index contributed by atoms with van der Waals surface area (Å²) in [5.41, 5.74) is 3.69. The second-order valence-corrected chi connectivity index (χ2v) is 8.12. The Hall–Kier alpha value is -2.10. The van der Waals surface area contributed by atoms with Crippen LogP contribution in [-0.4, -0.2) is 66.2 Å². The van der Waals surface area contributed by atoms with Crippen LogP contribution in [0.4, 0.5) is 0 Å². The zero-order chi connectivity index (χ0) is 20.3. The molecule has 7 heteroatoms. The molecule has 2 aromatic carbocycles. The number of ether oxygens (including phenoxy) is 1. The quantitative estimate of drug-likeness (QED) is 0.308. The number of nitrogens with zero attached hydrogens (tertiary/aromatic N) is 3. The molecule has 3 heterocycles. The Labute approximate surface area is 200 Å². The van der Waals surface area contributed by atoms with Gasteiger partial charge in [-0.1, -0.05) is 48.5 Å². The lowest BCUT2D eigenvalue weighted by atomic mass is 10.1. The number of aromatic amines is 1. The predicted molar refractivity (Wildman–Crippen MR) is 136 cm³/mol. The normalized spacial score (nSPS) is 21.7. The maximum Gasteiger partial charge on any atom is 0.194 e. The van der Waals surface area contributed by atoms with Crippen molar-refractivity contribution in [1.82, 2.24) is 20.1 Å². The van der Waals surface area contributed by atoms with E-state index in [1.807, 2.05) is 7.05 Å². The molecule has 31 heavy (non-hydrogen) atoms. The van der Waals surface area contributed by atoms with Crippen LogP contribution in [0.1, 0.15) is 11.3 Å². The van der Waals surface area contributed by atoms with Crippen LogP contribution in [0.2, 0.25) is 0 Å². The lowest BCUT2D eigenvalue weighted by Crippen LogP contribution is -2.50. The van der Waals surface area contributed by atoms with E-state index in [2.05, 4.69) is 85.8 Å². The molecule has 3 aromatic rings. The van der Waals surface area contributed by atoms with Crippen LogP contribution < -0.4 is 5.32 Å². The number of rotatable bonds is 4. The molecular weight excluding hydrogens is 501 g/mol. The number of para-hydroxylation sites is 1. The summed E-state index contributed by atoms with van der Waals surface area (Å²) in [6, 6.07) is 21.7. The van der Waals surface area contributed by atoms with Crippen LogP contribution in [0.3, 0.4) is 0 Å². The molecule has 164 valence electrons. The maximum atomic E-state index is 6.13. The number of nitrogens with one attached hydrogen (secondary N) is 2. The van der Waals surface area contributed by atoms with E-state index in [1.54, 1.807) is 0 Å². The molecule has 2 unspecified atom stereocenters. The lowest BCUT2D eigenvalue weighted by molar-refractivity contribution is -0.0502. The number of aliphatic imine (C=N–C) groups is 1. The van der Waals surface area contributed by atoms with E-state index in [0.717, 1.165) is 51.0 Å². The number of likely N-dealkylation sites (tertiary alicyclic amines) is 1. The van der Waals surface area contributed by atoms with Gasteiger partial charge in [-0.15, -0.1) is 24.0 Å². The smallest absolute Gasteiger partial charge is 0.194 e. The lowest BCUT2D eigenvalue weighted by Gasteiger charge is -2.36. The number of fused-ring (bicyclic) bond motifs is 2. The van der Waals surface area contributed by atoms with E-state index in [4.69, 9.17) is 4.74 Å². The zero-order valence-electron chi connectivity index (χ0n) is 17.8. The molecule has 6 nitrogen and oxygen atoms in total. The highest BCUT2D eigenvalue weighted by atomic mass is 127. The minimum absolute atomic E-state index is 0. The van der Waals surface area contributed by atoms with Crippen molar-refractivity contribution >= 4 is 40.8 Å². The summed E-state index contributed by atoms with van der Waals surface area (Å²) in [6.45, 7) is 5.28. The van der Waals surface area contributed by atoms with Gasteiger partial charge >= 0.3 is 0 Å². The van der Waals surface area contributed by atoms with Crippen molar-refractivity contribution in [1.29, 1.82) is 0 Å². The molecule has 2 N–H and O–H groups in total. The van der Waals surface area contributed by atoms with Crippen LogP contribution in [0, 0.1) is 0 Å². The molecule has 0 saturated carbocycles. The summed E-state index contributed by atoms with van der Waals surface area (Å²) in [5.74, 6) is 0.936. The van der Waals surface area contributed by atoms with E-state index in [-0.39, 0.29) is 30.1 Å². The van der Waals surface area contributed by atoms with Crippen molar-refractivity contribution in [2.75, 3.05) is 33.3 Å². The zero-order valence-corrected chi connectivity index (χ0v) is 20.2. The van der Waals surface area contributed by atoms with Gasteiger partial charge < -0.3 is 19.9 Å². The van der Waals surface area contributed by atoms with Crippen LogP contribution in [0.5, 0.6) is 0 Å². The highest BCUT2D eigenvalue weighted by Crippen LogP contribution is 2.25. The fraction of sp³-hybridized carbons (Fsp3) is 0.375. The SMILES string of the molecule is CN=C(NCc1cc2ccccc2[nH]1)N1CC2OCCN(Cc3ccccc3)C2C1.I. The average molecular weight is 531 g/mol. The second-order valence-electron chi connectivity index (χ2n) is 8.12. The number of hydrogen-bond acceptors (Lipinski definition) is 3. The number of H-pyrrole nitrogens is 1. The van der Waals surface area contributed by atoms with E-state index in [9.17, 15) is 0 Å². The Kier molecular flexibility index (Phi) is 7.14. The number of hydrogen-bond donors (Lipinski definition) is 2. The van der Waals surface area contributed by atoms with Crippen molar-refractivity contribution in [3.63, 3.8) is 0 Å². The van der Waals surface area contributed by atoms with E-state index >= 15 is 0 Å². The van der Waals surface area contributed by atoms with Gasteiger partial charge in [-0.3, -0.25) is 9.89 Å². The van der Waals surface area contributed by atoms with Crippen molar-refractivity contribution < 1.29 is 4.74 Å². The van der Waals surface area contributed by atoms with E-state index < -0.39 is 0 Å². The Morgan fingerprint density at radius 1 is 1.13 bits per heavy atom. The molecule has 2 atom stereocenters. The van der Waals surface area contributed by atoms with E-state index in [1.165, 1.54) is 16.5 Å². The first-order chi connectivity index (χ1) is 14.8. The first-order valence-electron chi connectivity index (χ1n) is 10.7.